The Labute approximate surface area is 118 Å². The zero-order valence-corrected chi connectivity index (χ0v) is 11.4. The van der Waals surface area contributed by atoms with Crippen LogP contribution in [0.25, 0.3) is 0 Å². The van der Waals surface area contributed by atoms with Crippen LogP contribution in [0.1, 0.15) is 20.3 Å². The molecule has 8 heteroatoms. The molecule has 0 saturated heterocycles. The van der Waals surface area contributed by atoms with Gasteiger partial charge in [-0.05, 0) is 30.6 Å². The molecule has 0 heterocycles. The molecule has 6 N–H and O–H groups in total. The van der Waals surface area contributed by atoms with Crippen molar-refractivity contribution in [1.29, 1.82) is 0 Å². The van der Waals surface area contributed by atoms with E-state index in [9.17, 15) is 9.59 Å². The summed E-state index contributed by atoms with van der Waals surface area (Å²) in [6.07, 6.45) is 2.91. The summed E-state index contributed by atoms with van der Waals surface area (Å²) < 4.78 is 0. The number of thiol groups is 1. The Morgan fingerprint density at radius 3 is 1.78 bits per heavy atom. The first kappa shape index (κ1) is 22.7. The van der Waals surface area contributed by atoms with Crippen LogP contribution in [0.15, 0.2) is 0 Å². The van der Waals surface area contributed by atoms with Crippen molar-refractivity contribution in [3.8, 4) is 0 Å². The van der Waals surface area contributed by atoms with Crippen molar-refractivity contribution < 1.29 is 19.8 Å². The molecule has 2 atom stereocenters. The number of carboxylic acids is 2. The molecule has 6 nitrogen and oxygen atoms in total. The van der Waals surface area contributed by atoms with Crippen LogP contribution < -0.4 is 11.5 Å². The SMILES string of the molecule is C.CSCC[C@H](N)C(=O)O.NC(CCS)C(=O)O. The number of carboxylic acid groups (broad SMARTS) is 2. The number of nitrogens with two attached hydrogens (primary N) is 2. The number of thioether (sulfide) groups is 1. The first-order chi connectivity index (χ1) is 7.86. The van der Waals surface area contributed by atoms with Crippen molar-refractivity contribution in [2.24, 2.45) is 11.5 Å². The summed E-state index contributed by atoms with van der Waals surface area (Å²) in [5.74, 6) is -0.538. The minimum Gasteiger partial charge on any atom is -0.480 e. The third-order valence-corrected chi connectivity index (χ3v) is 2.61. The Bertz CT molecular complexity index is 230. The molecule has 0 aromatic carbocycles. The largest absolute Gasteiger partial charge is 0.480 e. The molecule has 0 radical (unpaired) electrons. The second-order valence-corrected chi connectivity index (χ2v) is 4.62. The van der Waals surface area contributed by atoms with Crippen molar-refractivity contribution >= 4 is 36.3 Å². The fourth-order valence-electron chi connectivity index (χ4n) is 0.631. The standard InChI is InChI=1S/C5H11NO2S.C4H9NO2S.CH4/c1-9-3-2-4(6)5(7)8;5-3(1-2-8)4(6)7;/h4H,2-3,6H2,1H3,(H,7,8);3,8H,1-2,5H2,(H,6,7);1H4/t4-;;/m0../s1. The Morgan fingerprint density at radius 2 is 1.56 bits per heavy atom. The van der Waals surface area contributed by atoms with Gasteiger partial charge < -0.3 is 21.7 Å². The first-order valence-electron chi connectivity index (χ1n) is 4.93. The molecule has 0 aliphatic rings. The van der Waals surface area contributed by atoms with E-state index in [1.54, 1.807) is 11.8 Å². The maximum atomic E-state index is 10.1. The lowest BCUT2D eigenvalue weighted by Crippen LogP contribution is -2.30. The number of aliphatic carboxylic acids is 2. The van der Waals surface area contributed by atoms with Gasteiger partial charge in [0, 0.05) is 0 Å². The van der Waals surface area contributed by atoms with Crippen LogP contribution in [0.3, 0.4) is 0 Å². The molecule has 0 amide bonds. The van der Waals surface area contributed by atoms with Crippen LogP contribution in [-0.4, -0.2) is 52.0 Å². The predicted octanol–water partition coefficient (Wildman–Crippen LogP) is 0.506. The highest BCUT2D eigenvalue weighted by molar-refractivity contribution is 7.98. The van der Waals surface area contributed by atoms with Gasteiger partial charge in [-0.1, -0.05) is 7.43 Å². The van der Waals surface area contributed by atoms with Crippen LogP contribution in [-0.2, 0) is 9.59 Å². The van der Waals surface area contributed by atoms with Gasteiger partial charge >= 0.3 is 11.9 Å². The highest BCUT2D eigenvalue weighted by Gasteiger charge is 2.09. The van der Waals surface area contributed by atoms with E-state index in [-0.39, 0.29) is 7.43 Å². The number of hydrogen-bond acceptors (Lipinski definition) is 6. The Morgan fingerprint density at radius 1 is 1.17 bits per heavy atom. The maximum absolute atomic E-state index is 10.1. The van der Waals surface area contributed by atoms with E-state index in [2.05, 4.69) is 12.6 Å². The van der Waals surface area contributed by atoms with Gasteiger partial charge in [0.25, 0.3) is 0 Å². The van der Waals surface area contributed by atoms with Crippen molar-refractivity contribution in [3.05, 3.63) is 0 Å². The molecule has 0 aromatic heterocycles. The van der Waals surface area contributed by atoms with E-state index in [1.807, 2.05) is 6.26 Å². The fourth-order valence-corrected chi connectivity index (χ4v) is 1.40. The number of carbonyl (C=O) groups is 2. The molecule has 0 spiro atoms. The average molecular weight is 300 g/mol. The van der Waals surface area contributed by atoms with Gasteiger partial charge in [0.2, 0.25) is 0 Å². The van der Waals surface area contributed by atoms with Crippen molar-refractivity contribution in [1.82, 2.24) is 0 Å². The lowest BCUT2D eigenvalue weighted by Gasteiger charge is -2.02. The predicted molar refractivity (Wildman–Crippen MR) is 79.4 cm³/mol. The summed E-state index contributed by atoms with van der Waals surface area (Å²) in [7, 11) is 0. The van der Waals surface area contributed by atoms with Gasteiger partial charge in [-0.25, -0.2) is 0 Å². The molecule has 0 aliphatic heterocycles. The highest BCUT2D eigenvalue weighted by Crippen LogP contribution is 1.97. The third-order valence-electron chi connectivity index (χ3n) is 1.71. The van der Waals surface area contributed by atoms with Crippen LogP contribution in [0, 0.1) is 0 Å². The van der Waals surface area contributed by atoms with E-state index in [0.717, 1.165) is 5.75 Å². The van der Waals surface area contributed by atoms with E-state index >= 15 is 0 Å². The maximum Gasteiger partial charge on any atom is 0.320 e. The van der Waals surface area contributed by atoms with Gasteiger partial charge in [-0.3, -0.25) is 9.59 Å². The molecular formula is C10H24N2O4S2. The van der Waals surface area contributed by atoms with Crippen molar-refractivity contribution in [2.45, 2.75) is 32.4 Å². The Kier molecular flexibility index (Phi) is 18.5. The third kappa shape index (κ3) is 15.6. The molecule has 0 bridgehead atoms. The Balaban J connectivity index is -0.000000238. The van der Waals surface area contributed by atoms with Gasteiger partial charge in [-0.15, -0.1) is 0 Å². The lowest BCUT2D eigenvalue weighted by molar-refractivity contribution is -0.139. The van der Waals surface area contributed by atoms with Crippen molar-refractivity contribution in [3.63, 3.8) is 0 Å². The molecular weight excluding hydrogens is 276 g/mol. The van der Waals surface area contributed by atoms with Crippen LogP contribution in [0.5, 0.6) is 0 Å². The summed E-state index contributed by atoms with van der Waals surface area (Å²) >= 11 is 5.42. The normalized spacial score (nSPS) is 12.4. The van der Waals surface area contributed by atoms with Gasteiger partial charge in [0.15, 0.2) is 0 Å². The smallest absolute Gasteiger partial charge is 0.320 e. The number of hydrogen-bond donors (Lipinski definition) is 5. The zero-order valence-electron chi connectivity index (χ0n) is 9.70. The summed E-state index contributed by atoms with van der Waals surface area (Å²) in [6, 6.07) is -1.43. The second-order valence-electron chi connectivity index (χ2n) is 3.18. The Hall–Kier alpha value is -0.440. The average Bonchev–Trinajstić information content (AvgIpc) is 2.26. The van der Waals surface area contributed by atoms with Gasteiger partial charge in [-0.2, -0.15) is 24.4 Å². The molecule has 0 aliphatic carbocycles. The molecule has 0 saturated carbocycles. The van der Waals surface area contributed by atoms with Crippen LogP contribution >= 0.6 is 24.4 Å². The first-order valence-corrected chi connectivity index (χ1v) is 6.96. The summed E-state index contributed by atoms with van der Waals surface area (Å²) in [5.41, 5.74) is 10.3. The minimum absolute atomic E-state index is 0. The topological polar surface area (TPSA) is 127 Å². The van der Waals surface area contributed by atoms with Crippen LogP contribution in [0.4, 0.5) is 0 Å². The highest BCUT2D eigenvalue weighted by atomic mass is 32.2. The minimum atomic E-state index is -0.959. The zero-order chi connectivity index (χ0) is 13.8. The molecule has 0 rings (SSSR count). The van der Waals surface area contributed by atoms with E-state index in [0.29, 0.717) is 18.6 Å². The molecule has 110 valence electrons. The van der Waals surface area contributed by atoms with E-state index < -0.39 is 24.0 Å². The van der Waals surface area contributed by atoms with Gasteiger partial charge in [0.05, 0.1) is 0 Å². The second kappa shape index (κ2) is 14.6. The van der Waals surface area contributed by atoms with E-state index in [1.165, 1.54) is 0 Å². The molecule has 18 heavy (non-hydrogen) atoms. The molecule has 0 aromatic rings. The summed E-state index contributed by atoms with van der Waals surface area (Å²) in [5, 5.41) is 16.4. The fraction of sp³-hybridized carbons (Fsp3) is 0.800. The lowest BCUT2D eigenvalue weighted by atomic mass is 10.2. The quantitative estimate of drug-likeness (QED) is 0.433. The summed E-state index contributed by atoms with van der Waals surface area (Å²) in [6.45, 7) is 0. The van der Waals surface area contributed by atoms with Crippen LogP contribution in [0.2, 0.25) is 0 Å². The van der Waals surface area contributed by atoms with Gasteiger partial charge in [0.1, 0.15) is 12.1 Å². The van der Waals surface area contributed by atoms with Crippen molar-refractivity contribution in [2.75, 3.05) is 17.8 Å². The number of rotatable bonds is 7. The molecule has 1 unspecified atom stereocenters. The monoisotopic (exact) mass is 300 g/mol. The molecule has 0 fully saturated rings. The van der Waals surface area contributed by atoms with E-state index in [4.69, 9.17) is 21.7 Å². The summed E-state index contributed by atoms with van der Waals surface area (Å²) in [4.78, 5) is 20.0.